The minimum absolute atomic E-state index is 0.0451. The first-order chi connectivity index (χ1) is 13.3. The van der Waals surface area contributed by atoms with Gasteiger partial charge in [-0.3, -0.25) is 4.98 Å². The molecule has 0 radical (unpaired) electrons. The standard InChI is InChI=1S/C21H23N5O/c27-21(24-19-8-2-1-3-9-19)26-12-5-7-18(16-26)20-23-11-13-25(20)15-17-6-4-10-22-14-17/h1-4,6,8-11,13-14,18H,5,7,12,15-16H2,(H,24,27)/t18-/m0/s1. The van der Waals surface area contributed by atoms with E-state index in [0.29, 0.717) is 6.54 Å². The average Bonchev–Trinajstić information content (AvgIpc) is 3.18. The number of amides is 2. The van der Waals surface area contributed by atoms with Crippen LogP contribution in [0.15, 0.2) is 67.3 Å². The summed E-state index contributed by atoms with van der Waals surface area (Å²) in [6, 6.07) is 13.6. The van der Waals surface area contributed by atoms with Crippen molar-refractivity contribution in [1.82, 2.24) is 19.4 Å². The number of rotatable bonds is 4. The monoisotopic (exact) mass is 361 g/mol. The van der Waals surface area contributed by atoms with Crippen molar-refractivity contribution in [3.8, 4) is 0 Å². The first kappa shape index (κ1) is 17.3. The van der Waals surface area contributed by atoms with E-state index in [1.807, 2.05) is 59.9 Å². The molecule has 27 heavy (non-hydrogen) atoms. The van der Waals surface area contributed by atoms with Gasteiger partial charge in [-0.2, -0.15) is 0 Å². The van der Waals surface area contributed by atoms with E-state index in [2.05, 4.69) is 25.9 Å². The van der Waals surface area contributed by atoms with Gasteiger partial charge in [-0.25, -0.2) is 9.78 Å². The Labute approximate surface area is 158 Å². The highest BCUT2D eigenvalue weighted by atomic mass is 16.2. The summed E-state index contributed by atoms with van der Waals surface area (Å²) in [7, 11) is 0. The van der Waals surface area contributed by atoms with Gasteiger partial charge in [-0.1, -0.05) is 24.3 Å². The zero-order valence-corrected chi connectivity index (χ0v) is 15.2. The Morgan fingerprint density at radius 2 is 2.04 bits per heavy atom. The number of urea groups is 1. The molecule has 0 unspecified atom stereocenters. The maximum absolute atomic E-state index is 12.6. The summed E-state index contributed by atoms with van der Waals surface area (Å²) in [5.41, 5.74) is 1.97. The van der Waals surface area contributed by atoms with Crippen molar-refractivity contribution in [1.29, 1.82) is 0 Å². The van der Waals surface area contributed by atoms with Crippen LogP contribution in [-0.4, -0.2) is 38.6 Å². The van der Waals surface area contributed by atoms with Gasteiger partial charge in [0.2, 0.25) is 0 Å². The van der Waals surface area contributed by atoms with Crippen LogP contribution in [0.25, 0.3) is 0 Å². The Balaban J connectivity index is 1.44. The minimum atomic E-state index is -0.0451. The van der Waals surface area contributed by atoms with Gasteiger partial charge in [-0.15, -0.1) is 0 Å². The number of carbonyl (C=O) groups excluding carboxylic acids is 1. The number of aromatic nitrogens is 3. The number of hydrogen-bond acceptors (Lipinski definition) is 3. The largest absolute Gasteiger partial charge is 0.330 e. The van der Waals surface area contributed by atoms with Crippen LogP contribution in [0, 0.1) is 0 Å². The normalized spacial score (nSPS) is 16.9. The number of piperidine rings is 1. The fraction of sp³-hybridized carbons (Fsp3) is 0.286. The highest BCUT2D eigenvalue weighted by Crippen LogP contribution is 2.26. The number of likely N-dealkylation sites (tertiary alicyclic amines) is 1. The highest BCUT2D eigenvalue weighted by molar-refractivity contribution is 5.89. The van der Waals surface area contributed by atoms with Gasteiger partial charge >= 0.3 is 6.03 Å². The van der Waals surface area contributed by atoms with Crippen molar-refractivity contribution in [2.45, 2.75) is 25.3 Å². The molecule has 2 amide bonds. The quantitative estimate of drug-likeness (QED) is 0.770. The molecule has 6 heteroatoms. The molecule has 1 aliphatic rings. The molecule has 0 spiro atoms. The fourth-order valence-electron chi connectivity index (χ4n) is 3.60. The second kappa shape index (κ2) is 8.03. The van der Waals surface area contributed by atoms with Crippen molar-refractivity contribution in [2.24, 2.45) is 0 Å². The van der Waals surface area contributed by atoms with E-state index < -0.39 is 0 Å². The molecule has 2 aromatic heterocycles. The van der Waals surface area contributed by atoms with Crippen molar-refractivity contribution in [3.63, 3.8) is 0 Å². The van der Waals surface area contributed by atoms with Gasteiger partial charge in [0, 0.05) is 49.5 Å². The Kier molecular flexibility index (Phi) is 5.14. The van der Waals surface area contributed by atoms with Crippen molar-refractivity contribution >= 4 is 11.7 Å². The lowest BCUT2D eigenvalue weighted by atomic mass is 9.97. The van der Waals surface area contributed by atoms with Crippen LogP contribution in [0.4, 0.5) is 10.5 Å². The van der Waals surface area contributed by atoms with Crippen LogP contribution in [-0.2, 0) is 6.54 Å². The van der Waals surface area contributed by atoms with Crippen molar-refractivity contribution < 1.29 is 4.79 Å². The van der Waals surface area contributed by atoms with E-state index >= 15 is 0 Å². The maximum atomic E-state index is 12.6. The Morgan fingerprint density at radius 3 is 2.85 bits per heavy atom. The number of para-hydroxylation sites is 1. The number of pyridine rings is 1. The molecule has 138 valence electrons. The number of hydrogen-bond donors (Lipinski definition) is 1. The van der Waals surface area contributed by atoms with Gasteiger partial charge in [0.15, 0.2) is 0 Å². The summed E-state index contributed by atoms with van der Waals surface area (Å²) >= 11 is 0. The summed E-state index contributed by atoms with van der Waals surface area (Å²) in [4.78, 5) is 23.3. The Morgan fingerprint density at radius 1 is 1.15 bits per heavy atom. The van der Waals surface area contributed by atoms with Gasteiger partial charge < -0.3 is 14.8 Å². The summed E-state index contributed by atoms with van der Waals surface area (Å²) in [6.07, 6.45) is 9.53. The van der Waals surface area contributed by atoms with Crippen LogP contribution in [0.2, 0.25) is 0 Å². The molecule has 6 nitrogen and oxygen atoms in total. The number of benzene rings is 1. The van der Waals surface area contributed by atoms with Crippen LogP contribution in [0.3, 0.4) is 0 Å². The molecule has 0 saturated carbocycles. The molecule has 0 bridgehead atoms. The van der Waals surface area contributed by atoms with E-state index in [0.717, 1.165) is 43.0 Å². The van der Waals surface area contributed by atoms with Crippen LogP contribution >= 0.6 is 0 Å². The summed E-state index contributed by atoms with van der Waals surface area (Å²) < 4.78 is 2.17. The SMILES string of the molecule is O=C(Nc1ccccc1)N1CCC[C@H](c2nccn2Cc2cccnc2)C1. The lowest BCUT2D eigenvalue weighted by molar-refractivity contribution is 0.190. The van der Waals surface area contributed by atoms with Crippen molar-refractivity contribution in [2.75, 3.05) is 18.4 Å². The van der Waals surface area contributed by atoms with Crippen LogP contribution in [0.5, 0.6) is 0 Å². The van der Waals surface area contributed by atoms with Crippen LogP contribution in [0.1, 0.15) is 30.1 Å². The Hall–Kier alpha value is -3.15. The lowest BCUT2D eigenvalue weighted by Gasteiger charge is -2.32. The van der Waals surface area contributed by atoms with Gasteiger partial charge in [0.05, 0.1) is 6.54 Å². The number of imidazole rings is 1. The van der Waals surface area contributed by atoms with E-state index in [9.17, 15) is 4.79 Å². The molecular formula is C21H23N5O. The number of nitrogens with zero attached hydrogens (tertiary/aromatic N) is 4. The van der Waals surface area contributed by atoms with Crippen LogP contribution < -0.4 is 5.32 Å². The topological polar surface area (TPSA) is 63.1 Å². The van der Waals surface area contributed by atoms with E-state index in [1.165, 1.54) is 0 Å². The molecule has 0 aliphatic carbocycles. The molecule has 1 aliphatic heterocycles. The third kappa shape index (κ3) is 4.16. The Bertz CT molecular complexity index is 878. The predicted octanol–water partition coefficient (Wildman–Crippen LogP) is 3.74. The molecule has 1 saturated heterocycles. The molecule has 1 aromatic carbocycles. The molecule has 1 atom stereocenters. The second-order valence-electron chi connectivity index (χ2n) is 6.86. The zero-order valence-electron chi connectivity index (χ0n) is 15.2. The van der Waals surface area contributed by atoms with Gasteiger partial charge in [0.25, 0.3) is 0 Å². The number of nitrogens with one attached hydrogen (secondary N) is 1. The molecule has 1 fully saturated rings. The highest BCUT2D eigenvalue weighted by Gasteiger charge is 2.27. The van der Waals surface area contributed by atoms with E-state index in [4.69, 9.17) is 0 Å². The smallest absolute Gasteiger partial charge is 0.321 e. The van der Waals surface area contributed by atoms with Gasteiger partial charge in [0.1, 0.15) is 5.82 Å². The molecule has 4 rings (SSSR count). The summed E-state index contributed by atoms with van der Waals surface area (Å²) in [5.74, 6) is 1.28. The zero-order chi connectivity index (χ0) is 18.5. The summed E-state index contributed by atoms with van der Waals surface area (Å²) in [6.45, 7) is 2.21. The molecule has 3 aromatic rings. The predicted molar refractivity (Wildman–Crippen MR) is 105 cm³/mol. The fourth-order valence-corrected chi connectivity index (χ4v) is 3.60. The molecule has 3 heterocycles. The lowest BCUT2D eigenvalue weighted by Crippen LogP contribution is -2.42. The molecular weight excluding hydrogens is 338 g/mol. The number of carbonyl (C=O) groups is 1. The van der Waals surface area contributed by atoms with E-state index in [-0.39, 0.29) is 11.9 Å². The second-order valence-corrected chi connectivity index (χ2v) is 6.86. The minimum Gasteiger partial charge on any atom is -0.330 e. The molecule has 1 N–H and O–H groups in total. The number of anilines is 1. The third-order valence-corrected chi connectivity index (χ3v) is 4.92. The third-order valence-electron chi connectivity index (χ3n) is 4.92. The maximum Gasteiger partial charge on any atom is 0.321 e. The summed E-state index contributed by atoms with van der Waals surface area (Å²) in [5, 5.41) is 2.98. The average molecular weight is 361 g/mol. The van der Waals surface area contributed by atoms with Gasteiger partial charge in [-0.05, 0) is 36.6 Å². The first-order valence-corrected chi connectivity index (χ1v) is 9.30. The van der Waals surface area contributed by atoms with E-state index in [1.54, 1.807) is 6.20 Å². The van der Waals surface area contributed by atoms with Crippen molar-refractivity contribution in [3.05, 3.63) is 78.6 Å². The first-order valence-electron chi connectivity index (χ1n) is 9.30.